The lowest BCUT2D eigenvalue weighted by Gasteiger charge is -2.13. The highest BCUT2D eigenvalue weighted by Crippen LogP contribution is 2.12. The van der Waals surface area contributed by atoms with Gasteiger partial charge in [0.2, 0.25) is 5.78 Å². The van der Waals surface area contributed by atoms with E-state index in [1.807, 2.05) is 6.92 Å². The molecule has 0 heterocycles. The molecule has 5 nitrogen and oxygen atoms in total. The molecule has 19 heavy (non-hydrogen) atoms. The number of carboxylic acid groups (broad SMARTS) is 1. The zero-order valence-corrected chi connectivity index (χ0v) is 11.3. The Bertz CT molecular complexity index is 428. The maximum atomic E-state index is 11.9. The Labute approximate surface area is 112 Å². The van der Waals surface area contributed by atoms with Gasteiger partial charge in [-0.15, -0.1) is 0 Å². The summed E-state index contributed by atoms with van der Waals surface area (Å²) in [6, 6.07) is 6.88. The molecule has 0 aromatic heterocycles. The van der Waals surface area contributed by atoms with Crippen molar-refractivity contribution in [2.45, 2.75) is 13.3 Å². The van der Waals surface area contributed by atoms with E-state index in [1.54, 1.807) is 31.3 Å². The van der Waals surface area contributed by atoms with Crippen LogP contribution in [0.5, 0.6) is 5.75 Å². The smallest absolute Gasteiger partial charge is 0.216 e. The molecule has 1 rings (SSSR count). The van der Waals surface area contributed by atoms with Gasteiger partial charge in [-0.2, -0.15) is 0 Å². The minimum atomic E-state index is -1.16. The first kappa shape index (κ1) is 15.2. The predicted molar refractivity (Wildman–Crippen MR) is 68.2 cm³/mol. The summed E-state index contributed by atoms with van der Waals surface area (Å²) in [5.74, 6) is -0.525. The fraction of sp³-hybridized carbons (Fsp3) is 0.429. The average molecular weight is 265 g/mol. The number of quaternary nitrogens is 1. The van der Waals surface area contributed by atoms with Crippen molar-refractivity contribution in [3.8, 4) is 5.75 Å². The quantitative estimate of drug-likeness (QED) is 0.607. The highest BCUT2D eigenvalue weighted by atomic mass is 16.5. The molecule has 1 atom stereocenters. The van der Waals surface area contributed by atoms with Gasteiger partial charge in [-0.1, -0.05) is 6.92 Å². The van der Waals surface area contributed by atoms with Crippen molar-refractivity contribution in [3.63, 3.8) is 0 Å². The molecule has 1 unspecified atom stereocenters. The molecule has 0 aliphatic rings. The zero-order valence-electron chi connectivity index (χ0n) is 11.3. The van der Waals surface area contributed by atoms with Crippen LogP contribution < -0.4 is 14.7 Å². The van der Waals surface area contributed by atoms with E-state index in [9.17, 15) is 14.7 Å². The monoisotopic (exact) mass is 265 g/mol. The summed E-state index contributed by atoms with van der Waals surface area (Å²) in [4.78, 5) is 22.9. The van der Waals surface area contributed by atoms with E-state index in [0.29, 0.717) is 17.1 Å². The number of Topliss-reactive ketones (excluding diaryl/α,β-unsaturated/α-hetero) is 1. The van der Waals surface area contributed by atoms with Crippen LogP contribution in [0.25, 0.3) is 0 Å². The molecule has 0 fully saturated rings. The summed E-state index contributed by atoms with van der Waals surface area (Å²) in [5.41, 5.74) is 0.557. The van der Waals surface area contributed by atoms with Crippen LogP contribution in [0.2, 0.25) is 0 Å². The predicted octanol–water partition coefficient (Wildman–Crippen LogP) is -1.08. The second-order valence-electron chi connectivity index (χ2n) is 4.48. The van der Waals surface area contributed by atoms with Crippen LogP contribution >= 0.6 is 0 Å². The topological polar surface area (TPSA) is 70.9 Å². The van der Waals surface area contributed by atoms with Crippen molar-refractivity contribution in [2.75, 3.05) is 26.7 Å². The Morgan fingerprint density at radius 2 is 1.84 bits per heavy atom. The standard InChI is InChI=1S/C14H19NO4/c1-3-8-19-12-6-4-11(5-7-12)13(16)9-15(2)10-14(17)18/h4-7H,3,8-10H2,1-2H3,(H,17,18). The first-order valence-electron chi connectivity index (χ1n) is 6.30. The third-order valence-corrected chi connectivity index (χ3v) is 2.56. The Balaban J connectivity index is 2.55. The molecule has 0 radical (unpaired) electrons. The summed E-state index contributed by atoms with van der Waals surface area (Å²) in [5, 5.41) is 10.4. The van der Waals surface area contributed by atoms with Crippen molar-refractivity contribution >= 4 is 11.8 Å². The molecule has 1 aromatic carbocycles. The van der Waals surface area contributed by atoms with Gasteiger partial charge in [-0.05, 0) is 30.7 Å². The van der Waals surface area contributed by atoms with Crippen LogP contribution in [0.1, 0.15) is 23.7 Å². The first-order valence-corrected chi connectivity index (χ1v) is 6.30. The second-order valence-corrected chi connectivity index (χ2v) is 4.48. The minimum Gasteiger partial charge on any atom is -0.544 e. The molecule has 0 amide bonds. The number of carbonyl (C=O) groups excluding carboxylic acids is 2. The number of ketones is 1. The van der Waals surface area contributed by atoms with Gasteiger partial charge in [0.15, 0.2) is 0 Å². The van der Waals surface area contributed by atoms with Gasteiger partial charge in [-0.25, -0.2) is 0 Å². The van der Waals surface area contributed by atoms with Crippen molar-refractivity contribution < 1.29 is 24.3 Å². The Morgan fingerprint density at radius 3 is 2.37 bits per heavy atom. The first-order chi connectivity index (χ1) is 9.02. The Morgan fingerprint density at radius 1 is 1.21 bits per heavy atom. The number of aliphatic carboxylic acids is 1. The summed E-state index contributed by atoms with van der Waals surface area (Å²) in [7, 11) is 1.65. The van der Waals surface area contributed by atoms with Gasteiger partial charge in [0, 0.05) is 5.56 Å². The number of likely N-dealkylation sites (N-methyl/N-ethyl adjacent to an activating group) is 1. The molecule has 1 N–H and O–H groups in total. The summed E-state index contributed by atoms with van der Waals surface area (Å²) in [6.45, 7) is 2.62. The van der Waals surface area contributed by atoms with Gasteiger partial charge in [0.05, 0.1) is 19.6 Å². The molecule has 1 aromatic rings. The van der Waals surface area contributed by atoms with Crippen molar-refractivity contribution in [1.82, 2.24) is 0 Å². The number of rotatable bonds is 8. The number of hydrogen-bond acceptors (Lipinski definition) is 4. The molecule has 104 valence electrons. The number of nitrogens with one attached hydrogen (secondary N) is 1. The van der Waals surface area contributed by atoms with E-state index in [4.69, 9.17) is 4.74 Å². The number of carboxylic acids is 1. The zero-order chi connectivity index (χ0) is 14.3. The van der Waals surface area contributed by atoms with Crippen molar-refractivity contribution in [2.24, 2.45) is 0 Å². The van der Waals surface area contributed by atoms with Gasteiger partial charge < -0.3 is 19.5 Å². The molecular weight excluding hydrogens is 246 g/mol. The number of ether oxygens (including phenoxy) is 1. The van der Waals surface area contributed by atoms with E-state index < -0.39 is 5.97 Å². The van der Waals surface area contributed by atoms with Gasteiger partial charge >= 0.3 is 0 Å². The molecule has 5 heteroatoms. The fourth-order valence-electron chi connectivity index (χ4n) is 1.64. The average Bonchev–Trinajstić information content (AvgIpc) is 2.35. The van der Waals surface area contributed by atoms with E-state index in [2.05, 4.69) is 0 Å². The Kier molecular flexibility index (Phi) is 6.02. The number of hydrogen-bond donors (Lipinski definition) is 1. The normalized spacial score (nSPS) is 11.9. The second kappa shape index (κ2) is 7.53. The van der Waals surface area contributed by atoms with E-state index in [-0.39, 0.29) is 18.9 Å². The van der Waals surface area contributed by atoms with Gasteiger partial charge in [0.25, 0.3) is 0 Å². The molecule has 0 saturated carbocycles. The summed E-state index contributed by atoms with van der Waals surface area (Å²) < 4.78 is 5.42. The molecule has 0 saturated heterocycles. The number of benzene rings is 1. The van der Waals surface area contributed by atoms with E-state index >= 15 is 0 Å². The van der Waals surface area contributed by atoms with E-state index in [1.165, 1.54) is 0 Å². The third kappa shape index (κ3) is 5.52. The molecule has 0 bridgehead atoms. The van der Waals surface area contributed by atoms with Crippen LogP contribution in [-0.4, -0.2) is 38.5 Å². The van der Waals surface area contributed by atoms with Crippen LogP contribution in [0.15, 0.2) is 24.3 Å². The van der Waals surface area contributed by atoms with Crippen LogP contribution in [0.4, 0.5) is 0 Å². The Hall–Kier alpha value is -1.88. The highest BCUT2D eigenvalue weighted by Gasteiger charge is 2.12. The van der Waals surface area contributed by atoms with Crippen molar-refractivity contribution in [3.05, 3.63) is 29.8 Å². The minimum absolute atomic E-state index is 0.0965. The maximum absolute atomic E-state index is 11.9. The summed E-state index contributed by atoms with van der Waals surface area (Å²) >= 11 is 0. The van der Waals surface area contributed by atoms with Gasteiger partial charge in [-0.3, -0.25) is 4.79 Å². The van der Waals surface area contributed by atoms with E-state index in [0.717, 1.165) is 12.2 Å². The SMILES string of the molecule is CCCOc1ccc(C(=O)C[NH+](C)CC(=O)[O-])cc1. The number of carbonyl (C=O) groups is 2. The van der Waals surface area contributed by atoms with Crippen molar-refractivity contribution in [1.29, 1.82) is 0 Å². The van der Waals surface area contributed by atoms with Crippen LogP contribution in [0, 0.1) is 0 Å². The summed E-state index contributed by atoms with van der Waals surface area (Å²) in [6.07, 6.45) is 0.929. The molecular formula is C14H19NO4. The largest absolute Gasteiger partial charge is 0.544 e. The third-order valence-electron chi connectivity index (χ3n) is 2.56. The maximum Gasteiger partial charge on any atom is 0.216 e. The van der Waals surface area contributed by atoms with Crippen LogP contribution in [0.3, 0.4) is 0 Å². The molecule has 0 aliphatic carbocycles. The lowest BCUT2D eigenvalue weighted by atomic mass is 10.1. The highest BCUT2D eigenvalue weighted by molar-refractivity contribution is 5.97. The lowest BCUT2D eigenvalue weighted by Crippen LogP contribution is -3.11. The molecule has 0 spiro atoms. The lowest BCUT2D eigenvalue weighted by molar-refractivity contribution is -0.864. The molecule has 0 aliphatic heterocycles. The fourth-order valence-corrected chi connectivity index (χ4v) is 1.64. The van der Waals surface area contributed by atoms with Crippen LogP contribution in [-0.2, 0) is 4.79 Å². The van der Waals surface area contributed by atoms with Gasteiger partial charge in [0.1, 0.15) is 18.8 Å².